The molecule has 3 aliphatic rings. The molecule has 3 heterocycles. The van der Waals surface area contributed by atoms with Crippen molar-refractivity contribution in [2.75, 3.05) is 69.4 Å². The van der Waals surface area contributed by atoms with Gasteiger partial charge in [-0.3, -0.25) is 4.90 Å². The van der Waals surface area contributed by atoms with E-state index >= 15 is 0 Å². The highest BCUT2D eigenvalue weighted by atomic mass is 16.5. The summed E-state index contributed by atoms with van der Waals surface area (Å²) in [6.07, 6.45) is 1.36. The van der Waals surface area contributed by atoms with Crippen molar-refractivity contribution in [2.45, 2.75) is 38.5 Å². The molecule has 0 aliphatic carbocycles. The summed E-state index contributed by atoms with van der Waals surface area (Å²) < 4.78 is 17.0. The fraction of sp³-hybridized carbons (Fsp3) is 0.696. The Morgan fingerprint density at radius 3 is 2.55 bits per heavy atom. The largest absolute Gasteiger partial charge is 0.381 e. The molecule has 4 rings (SSSR count). The molecule has 8 nitrogen and oxygen atoms in total. The zero-order chi connectivity index (χ0) is 21.6. The average molecular weight is 433 g/mol. The normalized spacial score (nSPS) is 28.3. The molecule has 0 unspecified atom stereocenters. The maximum Gasteiger partial charge on any atom is 0.319 e. The molecule has 1 aromatic carbocycles. The smallest absolute Gasteiger partial charge is 0.319 e. The molecule has 0 bridgehead atoms. The molecule has 0 spiro atoms. The molecule has 3 aliphatic heterocycles. The first kappa shape index (κ1) is 22.3. The van der Waals surface area contributed by atoms with Crippen molar-refractivity contribution in [3.63, 3.8) is 0 Å². The molecule has 0 saturated carbocycles. The second-order valence-corrected chi connectivity index (χ2v) is 8.85. The summed E-state index contributed by atoms with van der Waals surface area (Å²) in [7, 11) is 0. The molecular formula is C23H36N4O4. The van der Waals surface area contributed by atoms with Gasteiger partial charge in [-0.15, -0.1) is 0 Å². The molecule has 2 amide bonds. The molecule has 3 fully saturated rings. The Kier molecular flexibility index (Phi) is 7.66. The van der Waals surface area contributed by atoms with E-state index in [1.807, 2.05) is 18.2 Å². The summed E-state index contributed by atoms with van der Waals surface area (Å²) >= 11 is 0. The maximum atomic E-state index is 12.8. The summed E-state index contributed by atoms with van der Waals surface area (Å²) in [5.41, 5.74) is 1.86. The maximum absolute atomic E-state index is 12.8. The number of ether oxygens (including phenoxy) is 3. The zero-order valence-electron chi connectivity index (χ0n) is 18.7. The van der Waals surface area contributed by atoms with Gasteiger partial charge in [0.2, 0.25) is 0 Å². The molecule has 4 atom stereocenters. The Balaban J connectivity index is 1.38. The van der Waals surface area contributed by atoms with Crippen LogP contribution in [0.25, 0.3) is 0 Å². The molecule has 2 N–H and O–H groups in total. The topological polar surface area (TPSA) is 75.3 Å². The van der Waals surface area contributed by atoms with E-state index in [0.717, 1.165) is 70.4 Å². The third kappa shape index (κ3) is 5.88. The van der Waals surface area contributed by atoms with Crippen LogP contribution in [0, 0.1) is 5.92 Å². The van der Waals surface area contributed by atoms with Gasteiger partial charge in [0, 0.05) is 51.3 Å². The summed E-state index contributed by atoms with van der Waals surface area (Å²) in [5, 5.41) is 6.20. The third-order valence-corrected chi connectivity index (χ3v) is 6.41. The lowest BCUT2D eigenvalue weighted by atomic mass is 9.97. The third-order valence-electron chi connectivity index (χ3n) is 6.41. The predicted molar refractivity (Wildman–Crippen MR) is 121 cm³/mol. The van der Waals surface area contributed by atoms with E-state index < -0.39 is 0 Å². The summed E-state index contributed by atoms with van der Waals surface area (Å²) in [6.45, 7) is 11.3. The van der Waals surface area contributed by atoms with Crippen LogP contribution in [0.5, 0.6) is 0 Å². The number of rotatable bonds is 6. The molecule has 0 radical (unpaired) electrons. The van der Waals surface area contributed by atoms with Crippen molar-refractivity contribution in [1.82, 2.24) is 10.2 Å². The highest BCUT2D eigenvalue weighted by Crippen LogP contribution is 2.28. The van der Waals surface area contributed by atoms with Crippen molar-refractivity contribution in [3.05, 3.63) is 24.3 Å². The molecule has 0 aromatic heterocycles. The molecule has 3 saturated heterocycles. The van der Waals surface area contributed by atoms with Gasteiger partial charge in [-0.25, -0.2) is 4.79 Å². The van der Waals surface area contributed by atoms with E-state index in [1.54, 1.807) is 0 Å². The lowest BCUT2D eigenvalue weighted by molar-refractivity contribution is -0.00517. The molecule has 172 valence electrons. The van der Waals surface area contributed by atoms with E-state index in [-0.39, 0.29) is 24.3 Å². The van der Waals surface area contributed by atoms with E-state index in [2.05, 4.69) is 40.3 Å². The summed E-state index contributed by atoms with van der Waals surface area (Å²) in [5.74, 6) is 0.446. The summed E-state index contributed by atoms with van der Waals surface area (Å²) in [4.78, 5) is 17.6. The Morgan fingerprint density at radius 1 is 1.10 bits per heavy atom. The first-order chi connectivity index (χ1) is 15.1. The van der Waals surface area contributed by atoms with Gasteiger partial charge in [0.15, 0.2) is 0 Å². The lowest BCUT2D eigenvalue weighted by Crippen LogP contribution is -2.52. The number of hydrogen-bond acceptors (Lipinski definition) is 6. The van der Waals surface area contributed by atoms with Crippen molar-refractivity contribution in [3.8, 4) is 0 Å². The predicted octanol–water partition coefficient (Wildman–Crippen LogP) is 2.16. The van der Waals surface area contributed by atoms with Crippen LogP contribution in [0.15, 0.2) is 24.3 Å². The van der Waals surface area contributed by atoms with Gasteiger partial charge in [0.1, 0.15) is 0 Å². The standard InChI is InChI=1S/C23H36N4O4/c1-17-14-27(15-18(2)31-17)21-6-4-3-5-20(21)25-23(28)24-13-22(19-7-10-30-16-19)26-8-11-29-12-9-26/h3-6,17-19,22H,7-16H2,1-2H3,(H2,24,25,28)/t17-,18+,19-,22+/m0/s1. The fourth-order valence-electron chi connectivity index (χ4n) is 4.95. The van der Waals surface area contributed by atoms with Gasteiger partial charge in [0.25, 0.3) is 0 Å². The molecule has 31 heavy (non-hydrogen) atoms. The van der Waals surface area contributed by atoms with Crippen molar-refractivity contribution < 1.29 is 19.0 Å². The zero-order valence-corrected chi connectivity index (χ0v) is 18.7. The average Bonchev–Trinajstić information content (AvgIpc) is 3.29. The van der Waals surface area contributed by atoms with E-state index in [1.165, 1.54) is 0 Å². The Bertz CT molecular complexity index is 711. The Morgan fingerprint density at radius 2 is 1.84 bits per heavy atom. The highest BCUT2D eigenvalue weighted by Gasteiger charge is 2.32. The fourth-order valence-corrected chi connectivity index (χ4v) is 4.95. The van der Waals surface area contributed by atoms with Gasteiger partial charge in [-0.05, 0) is 32.4 Å². The second-order valence-electron chi connectivity index (χ2n) is 8.85. The van der Waals surface area contributed by atoms with Crippen LogP contribution in [-0.4, -0.2) is 88.3 Å². The minimum absolute atomic E-state index is 0.161. The highest BCUT2D eigenvalue weighted by molar-refractivity contribution is 5.93. The van der Waals surface area contributed by atoms with E-state index in [0.29, 0.717) is 12.5 Å². The number of benzene rings is 1. The number of hydrogen-bond donors (Lipinski definition) is 2. The number of urea groups is 1. The minimum Gasteiger partial charge on any atom is -0.381 e. The van der Waals surface area contributed by atoms with Gasteiger partial charge in [0.05, 0.1) is 43.4 Å². The minimum atomic E-state index is -0.168. The van der Waals surface area contributed by atoms with Crippen LogP contribution in [0.2, 0.25) is 0 Å². The summed E-state index contributed by atoms with van der Waals surface area (Å²) in [6, 6.07) is 8.10. The second kappa shape index (κ2) is 10.6. The van der Waals surface area contributed by atoms with Gasteiger partial charge in [-0.2, -0.15) is 0 Å². The monoisotopic (exact) mass is 432 g/mol. The molecular weight excluding hydrogens is 396 g/mol. The number of nitrogens with zero attached hydrogens (tertiary/aromatic N) is 2. The number of amides is 2. The van der Waals surface area contributed by atoms with Crippen LogP contribution in [0.1, 0.15) is 20.3 Å². The number of carbonyl (C=O) groups excluding carboxylic acids is 1. The molecule has 8 heteroatoms. The molecule has 1 aromatic rings. The SMILES string of the molecule is C[C@@H]1CN(c2ccccc2NC(=O)NC[C@H]([C@H]2CCOC2)N2CCOCC2)C[C@H](C)O1. The number of para-hydroxylation sites is 2. The Hall–Kier alpha value is -1.87. The van der Waals surface area contributed by atoms with Crippen molar-refractivity contribution in [2.24, 2.45) is 5.92 Å². The van der Waals surface area contributed by atoms with Crippen LogP contribution in [0.4, 0.5) is 16.2 Å². The van der Waals surface area contributed by atoms with Crippen LogP contribution in [0.3, 0.4) is 0 Å². The lowest BCUT2D eigenvalue weighted by Gasteiger charge is -2.38. The first-order valence-electron chi connectivity index (χ1n) is 11.5. The first-order valence-corrected chi connectivity index (χ1v) is 11.5. The Labute approximate surface area is 185 Å². The van der Waals surface area contributed by atoms with E-state index in [4.69, 9.17) is 14.2 Å². The number of morpholine rings is 2. The van der Waals surface area contributed by atoms with Crippen molar-refractivity contribution >= 4 is 17.4 Å². The van der Waals surface area contributed by atoms with Gasteiger partial charge in [-0.1, -0.05) is 12.1 Å². The van der Waals surface area contributed by atoms with Crippen LogP contribution < -0.4 is 15.5 Å². The van der Waals surface area contributed by atoms with Gasteiger partial charge >= 0.3 is 6.03 Å². The van der Waals surface area contributed by atoms with E-state index in [9.17, 15) is 4.79 Å². The number of anilines is 2. The van der Waals surface area contributed by atoms with Crippen LogP contribution >= 0.6 is 0 Å². The van der Waals surface area contributed by atoms with Gasteiger partial charge < -0.3 is 29.7 Å². The van der Waals surface area contributed by atoms with Crippen molar-refractivity contribution in [1.29, 1.82) is 0 Å². The number of carbonyl (C=O) groups is 1. The quantitative estimate of drug-likeness (QED) is 0.718. The number of nitrogens with one attached hydrogen (secondary N) is 2. The van der Waals surface area contributed by atoms with Crippen LogP contribution in [-0.2, 0) is 14.2 Å².